The van der Waals surface area contributed by atoms with E-state index < -0.39 is 5.91 Å². The molecule has 6 nitrogen and oxygen atoms in total. The third-order valence-corrected chi connectivity index (χ3v) is 9.43. The third kappa shape index (κ3) is 7.69. The number of allylic oxidation sites excluding steroid dienone is 1. The molecule has 1 aliphatic carbocycles. The molecule has 6 rings (SSSR count). The molecule has 2 amide bonds. The molecule has 0 unspecified atom stereocenters. The normalized spacial score (nSPS) is 17.7. The minimum atomic E-state index is -0.449. The average Bonchev–Trinajstić information content (AvgIpc) is 3.04. The van der Waals surface area contributed by atoms with Gasteiger partial charge in [-0.1, -0.05) is 71.2 Å². The van der Waals surface area contributed by atoms with Crippen LogP contribution in [0.15, 0.2) is 93.7 Å². The van der Waals surface area contributed by atoms with E-state index in [2.05, 4.69) is 35.7 Å². The summed E-state index contributed by atoms with van der Waals surface area (Å²) in [5, 5.41) is 4.52. The van der Waals surface area contributed by atoms with E-state index in [9.17, 15) is 14.4 Å². The van der Waals surface area contributed by atoms with Crippen molar-refractivity contribution in [1.29, 1.82) is 0 Å². The second kappa shape index (κ2) is 14.1. The molecule has 1 atom stereocenters. The molecule has 1 N–H and O–H groups in total. The molecular weight excluding hydrogens is 607 g/mol. The maximum atomic E-state index is 13.4. The molecule has 1 aromatic heterocycles. The minimum Gasteiger partial charge on any atom is -0.451 e. The first-order chi connectivity index (χ1) is 21.8. The van der Waals surface area contributed by atoms with Crippen molar-refractivity contribution >= 4 is 46.0 Å². The van der Waals surface area contributed by atoms with Crippen molar-refractivity contribution in [1.82, 2.24) is 10.2 Å². The Morgan fingerprint density at radius 1 is 0.933 bits per heavy atom. The molecule has 0 spiro atoms. The van der Waals surface area contributed by atoms with Gasteiger partial charge < -0.3 is 14.6 Å². The van der Waals surface area contributed by atoms with E-state index in [0.29, 0.717) is 46.3 Å². The van der Waals surface area contributed by atoms with Gasteiger partial charge in [-0.05, 0) is 97.9 Å². The van der Waals surface area contributed by atoms with Crippen LogP contribution in [-0.4, -0.2) is 29.3 Å². The molecule has 1 saturated heterocycles. The van der Waals surface area contributed by atoms with Crippen LogP contribution in [0, 0.1) is 0 Å². The van der Waals surface area contributed by atoms with Crippen molar-refractivity contribution in [3.05, 3.63) is 127 Å². The summed E-state index contributed by atoms with van der Waals surface area (Å²) in [5.41, 5.74) is 4.91. The van der Waals surface area contributed by atoms with Crippen LogP contribution in [0.25, 0.3) is 11.0 Å². The average molecular weight is 644 g/mol. The number of rotatable bonds is 8. The van der Waals surface area contributed by atoms with Crippen molar-refractivity contribution in [2.45, 2.75) is 69.9 Å². The van der Waals surface area contributed by atoms with Crippen molar-refractivity contribution in [3.8, 4) is 0 Å². The number of piperidine rings is 1. The molecule has 8 heteroatoms. The molecule has 45 heavy (non-hydrogen) atoms. The van der Waals surface area contributed by atoms with Gasteiger partial charge in [0, 0.05) is 35.6 Å². The number of hydrogen-bond acceptors (Lipinski definition) is 4. The standard InChI is InChI=1S/C37H36Cl2N2O4/c38-28-14-10-25(11-15-28)20-30(40-37(44)35-22-33(42)32-21-29(39)16-17-34(32)45-35)19-24-8-12-26(13-9-24)31-6-2-1-5-27(31)23-41-18-4-3-7-36(41)43/h1-2,5-6,10-11,14-17,19,21-22,26,30H,3-4,7-9,12-13,18,20,23H2,(H,40,44)/t26?,30-/m1/s1. The first kappa shape index (κ1) is 31.1. The summed E-state index contributed by atoms with van der Waals surface area (Å²) in [6.45, 7) is 1.52. The Kier molecular flexibility index (Phi) is 9.72. The van der Waals surface area contributed by atoms with Gasteiger partial charge in [-0.3, -0.25) is 14.4 Å². The number of hydrogen-bond donors (Lipinski definition) is 1. The molecule has 1 saturated carbocycles. The summed E-state index contributed by atoms with van der Waals surface area (Å²) in [6, 6.07) is 21.8. The van der Waals surface area contributed by atoms with E-state index in [4.69, 9.17) is 27.6 Å². The Bertz CT molecular complexity index is 1790. The summed E-state index contributed by atoms with van der Waals surface area (Å²) in [5.74, 6) is 0.186. The summed E-state index contributed by atoms with van der Waals surface area (Å²) in [4.78, 5) is 40.7. The number of nitrogens with one attached hydrogen (secondary N) is 1. The highest BCUT2D eigenvalue weighted by Crippen LogP contribution is 2.37. The summed E-state index contributed by atoms with van der Waals surface area (Å²) < 4.78 is 5.82. The molecular formula is C37H36Cl2N2O4. The number of benzene rings is 3. The molecule has 4 aromatic rings. The fourth-order valence-electron chi connectivity index (χ4n) is 6.57. The van der Waals surface area contributed by atoms with Gasteiger partial charge in [-0.2, -0.15) is 0 Å². The van der Waals surface area contributed by atoms with Gasteiger partial charge in [-0.15, -0.1) is 0 Å². The summed E-state index contributed by atoms with van der Waals surface area (Å²) in [6.07, 6.45) is 9.27. The van der Waals surface area contributed by atoms with E-state index in [1.54, 1.807) is 18.2 Å². The van der Waals surface area contributed by atoms with Crippen LogP contribution >= 0.6 is 23.2 Å². The Labute approximate surface area is 273 Å². The zero-order chi connectivity index (χ0) is 31.3. The summed E-state index contributed by atoms with van der Waals surface area (Å²) in [7, 11) is 0. The van der Waals surface area contributed by atoms with E-state index in [-0.39, 0.29) is 23.1 Å². The van der Waals surface area contributed by atoms with Gasteiger partial charge >= 0.3 is 0 Å². The van der Waals surface area contributed by atoms with Gasteiger partial charge in [0.05, 0.1) is 11.4 Å². The molecule has 0 bridgehead atoms. The van der Waals surface area contributed by atoms with E-state index >= 15 is 0 Å². The van der Waals surface area contributed by atoms with Gasteiger partial charge in [-0.25, -0.2) is 0 Å². The highest BCUT2D eigenvalue weighted by atomic mass is 35.5. The zero-order valence-electron chi connectivity index (χ0n) is 25.1. The molecule has 0 radical (unpaired) electrons. The Balaban J connectivity index is 1.18. The number of halogens is 2. The van der Waals surface area contributed by atoms with Crippen molar-refractivity contribution in [3.63, 3.8) is 0 Å². The van der Waals surface area contributed by atoms with Crippen molar-refractivity contribution in [2.24, 2.45) is 0 Å². The van der Waals surface area contributed by atoms with Crippen LogP contribution in [0.4, 0.5) is 0 Å². The van der Waals surface area contributed by atoms with E-state index in [1.165, 1.54) is 22.8 Å². The lowest BCUT2D eigenvalue weighted by Crippen LogP contribution is -2.36. The Morgan fingerprint density at radius 3 is 2.47 bits per heavy atom. The number of carbonyl (C=O) groups is 2. The maximum Gasteiger partial charge on any atom is 0.287 e. The number of carbonyl (C=O) groups excluding carboxylic acids is 2. The number of nitrogens with zero attached hydrogens (tertiary/aromatic N) is 1. The topological polar surface area (TPSA) is 79.6 Å². The first-order valence-corrected chi connectivity index (χ1v) is 16.4. The lowest BCUT2D eigenvalue weighted by molar-refractivity contribution is -0.133. The third-order valence-electron chi connectivity index (χ3n) is 8.94. The monoisotopic (exact) mass is 642 g/mol. The van der Waals surface area contributed by atoms with Gasteiger partial charge in [0.2, 0.25) is 5.91 Å². The van der Waals surface area contributed by atoms with Crippen LogP contribution < -0.4 is 10.7 Å². The number of amides is 2. The predicted molar refractivity (Wildman–Crippen MR) is 179 cm³/mol. The number of likely N-dealkylation sites (tertiary alicyclic amines) is 1. The van der Waals surface area contributed by atoms with E-state index in [0.717, 1.165) is 50.6 Å². The van der Waals surface area contributed by atoms with Crippen molar-refractivity contribution in [2.75, 3.05) is 6.54 Å². The molecule has 232 valence electrons. The van der Waals surface area contributed by atoms with Crippen LogP contribution in [-0.2, 0) is 17.8 Å². The predicted octanol–water partition coefficient (Wildman–Crippen LogP) is 8.24. The van der Waals surface area contributed by atoms with Crippen molar-refractivity contribution < 1.29 is 14.0 Å². The Morgan fingerprint density at radius 2 is 1.69 bits per heavy atom. The smallest absolute Gasteiger partial charge is 0.287 e. The van der Waals surface area contributed by atoms with E-state index in [1.807, 2.05) is 29.2 Å². The van der Waals surface area contributed by atoms with Gasteiger partial charge in [0.15, 0.2) is 11.2 Å². The van der Waals surface area contributed by atoms with Crippen LogP contribution in [0.5, 0.6) is 0 Å². The van der Waals surface area contributed by atoms with Gasteiger partial charge in [0.25, 0.3) is 5.91 Å². The zero-order valence-corrected chi connectivity index (χ0v) is 26.6. The second-order valence-corrected chi connectivity index (χ2v) is 13.0. The first-order valence-electron chi connectivity index (χ1n) is 15.7. The lowest BCUT2D eigenvalue weighted by atomic mass is 9.79. The summed E-state index contributed by atoms with van der Waals surface area (Å²) >= 11 is 12.2. The SMILES string of the molecule is O=C(N[C@H](C=C1CCC(c2ccccc2CN2CCCCC2=O)CC1)Cc1ccc(Cl)cc1)c1cc(=O)c2cc(Cl)ccc2o1. The fraction of sp³-hybridized carbons (Fsp3) is 0.324. The minimum absolute atomic E-state index is 0.0400. The van der Waals surface area contributed by atoms with Gasteiger partial charge in [0.1, 0.15) is 5.58 Å². The second-order valence-electron chi connectivity index (χ2n) is 12.1. The highest BCUT2D eigenvalue weighted by Gasteiger charge is 2.25. The fourth-order valence-corrected chi connectivity index (χ4v) is 6.87. The van der Waals surface area contributed by atoms with Crippen LogP contribution in [0.2, 0.25) is 10.0 Å². The molecule has 2 fully saturated rings. The van der Waals surface area contributed by atoms with Crippen LogP contribution in [0.1, 0.15) is 78.1 Å². The Hall–Kier alpha value is -3.87. The molecule has 3 aromatic carbocycles. The maximum absolute atomic E-state index is 13.4. The van der Waals surface area contributed by atoms with Crippen LogP contribution in [0.3, 0.4) is 0 Å². The molecule has 2 heterocycles. The lowest BCUT2D eigenvalue weighted by Gasteiger charge is -2.31. The molecule has 2 aliphatic rings. The highest BCUT2D eigenvalue weighted by molar-refractivity contribution is 6.31. The largest absolute Gasteiger partial charge is 0.451 e. The number of fused-ring (bicyclic) bond motifs is 1. The quantitative estimate of drug-likeness (QED) is 0.196. The molecule has 1 aliphatic heterocycles.